The molecular weight excluding hydrogens is 752 g/mol. The maximum absolute atomic E-state index is 11.7. The van der Waals surface area contributed by atoms with Gasteiger partial charge in [-0.1, -0.05) is 99.9 Å². The van der Waals surface area contributed by atoms with Crippen LogP contribution in [0.1, 0.15) is 126 Å². The standard InChI is InChI=1S/C13H16.C9H15NO.C9H17O3P.C8H15O3P.C8H14/c1-9-10(2)13(9)8-7-11-5-3-4-6-12(11)13;1-6-7(2)9(6)4-10(5-9)8(3)11;1-7-8(2)9(7)4-5-13(10,11-3)12-6-9;1-6-7(2)8(6)4-5-12(9,10-3)11-8;1-6-7(2)8(6)4-3-5-8/h3-6,9-10H,7-8H2,1-2H3;6-7H,4-5H2,1-3H3;7-8H,4-6H2,1-3H3;6-7H,4-5H2,1-3H3;6-7H,3-5H2,1-2H3. The van der Waals surface area contributed by atoms with Gasteiger partial charge in [-0.25, -0.2) is 0 Å². The Hall–Kier alpha value is -1.01. The fraction of sp³-hybridized carbons (Fsp3) is 0.851. The van der Waals surface area contributed by atoms with Crippen LogP contribution in [0.5, 0.6) is 0 Å². The van der Waals surface area contributed by atoms with Crippen molar-refractivity contribution in [3.05, 3.63) is 35.4 Å². The molecular formula is C47H77NO7P2. The smallest absolute Gasteiger partial charge is 0.331 e. The van der Waals surface area contributed by atoms with Crippen LogP contribution in [0.2, 0.25) is 0 Å². The maximum Gasteiger partial charge on any atom is 0.331 e. The number of benzene rings is 1. The Balaban J connectivity index is 0.000000110. The fourth-order valence-corrected chi connectivity index (χ4v) is 16.5. The summed E-state index contributed by atoms with van der Waals surface area (Å²) in [5.74, 6) is 8.42. The summed E-state index contributed by atoms with van der Waals surface area (Å²) >= 11 is 0. The summed E-state index contributed by atoms with van der Waals surface area (Å²) in [4.78, 5) is 12.8. The second-order valence-corrected chi connectivity index (χ2v) is 25.4. The summed E-state index contributed by atoms with van der Waals surface area (Å²) in [7, 11) is -2.43. The number of fused-ring (bicyclic) bond motifs is 2. The summed E-state index contributed by atoms with van der Waals surface area (Å²) in [6.07, 6.45) is 10.4. The number of carbonyl (C=O) groups excluding carboxylic acids is 1. The van der Waals surface area contributed by atoms with Gasteiger partial charge in [0.15, 0.2) is 0 Å². The number of carbonyl (C=O) groups is 1. The van der Waals surface area contributed by atoms with E-state index >= 15 is 0 Å². The number of hydrogen-bond donors (Lipinski definition) is 0. The zero-order chi connectivity index (χ0) is 41.7. The molecule has 0 bridgehead atoms. The third kappa shape index (κ3) is 7.15. The van der Waals surface area contributed by atoms with Gasteiger partial charge in [0, 0.05) is 50.5 Å². The molecule has 6 saturated carbocycles. The highest BCUT2D eigenvalue weighted by molar-refractivity contribution is 7.54. The zero-order valence-corrected chi connectivity index (χ0v) is 39.6. The molecule has 5 spiro atoms. The van der Waals surface area contributed by atoms with Crippen molar-refractivity contribution >= 4 is 21.1 Å². The fourth-order valence-electron chi connectivity index (χ4n) is 13.1. The largest absolute Gasteiger partial charge is 0.342 e. The molecule has 10 heteroatoms. The Morgan fingerprint density at radius 1 is 0.649 bits per heavy atom. The Morgan fingerprint density at radius 2 is 1.16 bits per heavy atom. The molecule has 12 atom stereocenters. The normalized spacial score (nSPS) is 48.4. The molecule has 10 aliphatic rings. The first-order chi connectivity index (χ1) is 26.7. The lowest BCUT2D eigenvalue weighted by Gasteiger charge is -2.40. The molecule has 57 heavy (non-hydrogen) atoms. The van der Waals surface area contributed by atoms with Gasteiger partial charge in [0.1, 0.15) is 0 Å². The lowest BCUT2D eigenvalue weighted by molar-refractivity contribution is -0.136. The van der Waals surface area contributed by atoms with Crippen LogP contribution in [0.25, 0.3) is 0 Å². The first kappa shape index (κ1) is 44.1. The highest BCUT2D eigenvalue weighted by Gasteiger charge is 2.68. The van der Waals surface area contributed by atoms with E-state index in [0.717, 1.165) is 78.7 Å². The van der Waals surface area contributed by atoms with E-state index in [4.69, 9.17) is 18.1 Å². The van der Waals surface area contributed by atoms with Crippen LogP contribution in [-0.2, 0) is 43.9 Å². The van der Waals surface area contributed by atoms with Gasteiger partial charge >= 0.3 is 15.2 Å². The predicted octanol–water partition coefficient (Wildman–Crippen LogP) is 11.5. The molecule has 9 fully saturated rings. The molecule has 322 valence electrons. The van der Waals surface area contributed by atoms with Crippen LogP contribution in [0.15, 0.2) is 24.3 Å². The van der Waals surface area contributed by atoms with E-state index in [1.165, 1.54) is 46.3 Å². The van der Waals surface area contributed by atoms with Gasteiger partial charge < -0.3 is 23.0 Å². The van der Waals surface area contributed by atoms with Crippen LogP contribution in [-0.4, -0.2) is 62.6 Å². The summed E-state index contributed by atoms with van der Waals surface area (Å²) < 4.78 is 44.1. The SMILES string of the molecule is CC(=O)N1CC2(C1)C(C)C2C.CC1C(C)C12CCC2.CC1C(C)C12CCc1ccccc12.COP1(=O)CCC2(CO1)C(C)C2C.COP1(=O)CCC2(O1)C(C)C2C. The van der Waals surface area contributed by atoms with E-state index < -0.39 is 15.2 Å². The predicted molar refractivity (Wildman–Crippen MR) is 229 cm³/mol. The molecule has 1 aromatic rings. The van der Waals surface area contributed by atoms with Crippen LogP contribution < -0.4 is 0 Å². The van der Waals surface area contributed by atoms with E-state index in [1.807, 2.05) is 4.90 Å². The van der Waals surface area contributed by atoms with E-state index in [9.17, 15) is 13.9 Å². The molecule has 1 amide bonds. The van der Waals surface area contributed by atoms with Crippen LogP contribution in [0, 0.1) is 75.4 Å². The van der Waals surface area contributed by atoms with Gasteiger partial charge in [0.25, 0.3) is 0 Å². The van der Waals surface area contributed by atoms with Gasteiger partial charge in [0.2, 0.25) is 5.91 Å². The highest BCUT2D eigenvalue weighted by atomic mass is 31.2. The van der Waals surface area contributed by atoms with Gasteiger partial charge in [-0.2, -0.15) is 0 Å². The van der Waals surface area contributed by atoms with Gasteiger partial charge in [-0.15, -0.1) is 0 Å². The zero-order valence-electron chi connectivity index (χ0n) is 37.8. The minimum atomic E-state index is -2.69. The number of rotatable bonds is 2. The highest BCUT2D eigenvalue weighted by Crippen LogP contribution is 2.72. The second kappa shape index (κ2) is 15.1. The lowest BCUT2D eigenvalue weighted by Crippen LogP contribution is -2.52. The van der Waals surface area contributed by atoms with E-state index in [2.05, 4.69) is 93.5 Å². The average Bonchev–Trinajstić information content (AvgIpc) is 4.10. The average molecular weight is 830 g/mol. The van der Waals surface area contributed by atoms with E-state index in [-0.39, 0.29) is 11.5 Å². The first-order valence-electron chi connectivity index (χ1n) is 22.7. The van der Waals surface area contributed by atoms with Crippen molar-refractivity contribution in [1.29, 1.82) is 0 Å². The number of aryl methyl sites for hydroxylation is 1. The molecule has 3 aliphatic heterocycles. The second-order valence-electron chi connectivity index (χ2n) is 20.9. The van der Waals surface area contributed by atoms with Crippen LogP contribution in [0.4, 0.5) is 0 Å². The maximum atomic E-state index is 11.7. The van der Waals surface area contributed by atoms with Crippen molar-refractivity contribution in [2.75, 3.05) is 46.2 Å². The summed E-state index contributed by atoms with van der Waals surface area (Å²) in [6, 6.07) is 9.03. The molecule has 0 aromatic heterocycles. The van der Waals surface area contributed by atoms with Gasteiger partial charge in [-0.05, 0) is 114 Å². The Kier molecular flexibility index (Phi) is 11.7. The number of likely N-dealkylation sites (tertiary alicyclic amines) is 1. The van der Waals surface area contributed by atoms with Crippen LogP contribution in [0.3, 0.4) is 0 Å². The Labute approximate surface area is 346 Å². The van der Waals surface area contributed by atoms with Crippen molar-refractivity contribution in [2.24, 2.45) is 75.4 Å². The van der Waals surface area contributed by atoms with E-state index in [1.54, 1.807) is 18.1 Å². The number of hydrogen-bond acceptors (Lipinski definition) is 7. The minimum Gasteiger partial charge on any atom is -0.342 e. The Morgan fingerprint density at radius 3 is 1.49 bits per heavy atom. The topological polar surface area (TPSA) is 91.4 Å². The van der Waals surface area contributed by atoms with Crippen molar-refractivity contribution in [3.8, 4) is 0 Å². The molecule has 0 radical (unpaired) electrons. The molecule has 8 nitrogen and oxygen atoms in total. The molecule has 3 saturated heterocycles. The van der Waals surface area contributed by atoms with Crippen LogP contribution >= 0.6 is 15.2 Å². The molecule has 12 unspecified atom stereocenters. The van der Waals surface area contributed by atoms with Crippen molar-refractivity contribution < 1.29 is 32.0 Å². The molecule has 11 rings (SSSR count). The van der Waals surface area contributed by atoms with E-state index in [0.29, 0.717) is 47.0 Å². The number of nitrogens with zero attached hydrogens (tertiary/aromatic N) is 1. The van der Waals surface area contributed by atoms with Crippen molar-refractivity contribution in [1.82, 2.24) is 4.90 Å². The number of amides is 1. The van der Waals surface area contributed by atoms with Crippen molar-refractivity contribution in [3.63, 3.8) is 0 Å². The molecule has 0 N–H and O–H groups in total. The lowest BCUT2D eigenvalue weighted by atomic mass is 9.79. The summed E-state index contributed by atoms with van der Waals surface area (Å²) in [6.45, 7) is 27.3. The third-order valence-corrected chi connectivity index (χ3v) is 23.7. The molecule has 7 aliphatic carbocycles. The molecule has 1 aromatic carbocycles. The summed E-state index contributed by atoms with van der Waals surface area (Å²) in [5, 5.41) is 0. The molecule has 3 heterocycles. The monoisotopic (exact) mass is 830 g/mol. The summed E-state index contributed by atoms with van der Waals surface area (Å²) in [5.41, 5.74) is 5.54. The van der Waals surface area contributed by atoms with Gasteiger partial charge in [-0.3, -0.25) is 13.9 Å². The van der Waals surface area contributed by atoms with Crippen molar-refractivity contribution in [2.45, 2.75) is 132 Å². The quantitative estimate of drug-likeness (QED) is 0.274. The first-order valence-corrected chi connectivity index (χ1v) is 26.1. The van der Waals surface area contributed by atoms with Gasteiger partial charge in [0.05, 0.1) is 24.5 Å². The Bertz CT molecular complexity index is 1710. The minimum absolute atomic E-state index is 0.0917. The third-order valence-electron chi connectivity index (χ3n) is 19.9.